The Balaban J connectivity index is 0.00000200. The number of nitrogens with zero attached hydrogens (tertiary/aromatic N) is 3. The molecule has 0 aliphatic carbocycles. The molecule has 6 heteroatoms. The van der Waals surface area contributed by atoms with Gasteiger partial charge in [-0.1, -0.05) is 6.92 Å². The number of rotatable bonds is 4. The summed E-state index contributed by atoms with van der Waals surface area (Å²) in [5.74, 6) is 0.103. The molecular weight excluding hydrogens is 276 g/mol. The molecule has 20 heavy (non-hydrogen) atoms. The van der Waals surface area contributed by atoms with Crippen LogP contribution in [-0.4, -0.2) is 46.8 Å². The molecule has 1 aromatic rings. The lowest BCUT2D eigenvalue weighted by atomic mass is 10.1. The van der Waals surface area contributed by atoms with Crippen LogP contribution in [0.25, 0.3) is 0 Å². The second-order valence-electron chi connectivity index (χ2n) is 5.33. The molecule has 2 heterocycles. The fourth-order valence-electron chi connectivity index (χ4n) is 2.75. The molecule has 0 saturated carbocycles. The first-order valence-electron chi connectivity index (χ1n) is 7.08. The van der Waals surface area contributed by atoms with Crippen LogP contribution in [0.3, 0.4) is 0 Å². The van der Waals surface area contributed by atoms with Crippen LogP contribution < -0.4 is 5.32 Å². The van der Waals surface area contributed by atoms with Gasteiger partial charge in [-0.05, 0) is 33.2 Å². The van der Waals surface area contributed by atoms with E-state index in [1.54, 1.807) is 0 Å². The molecule has 1 unspecified atom stereocenters. The maximum absolute atomic E-state index is 12.6. The number of likely N-dealkylation sites (N-methyl/N-ethyl adjacent to an activating group) is 1. The molecule has 1 fully saturated rings. The fraction of sp³-hybridized carbons (Fsp3) is 0.714. The van der Waals surface area contributed by atoms with Crippen molar-refractivity contribution in [3.05, 3.63) is 17.0 Å². The predicted octanol–water partition coefficient (Wildman–Crippen LogP) is 1.77. The van der Waals surface area contributed by atoms with Gasteiger partial charge in [-0.25, -0.2) is 0 Å². The lowest BCUT2D eigenvalue weighted by Gasteiger charge is -2.24. The van der Waals surface area contributed by atoms with Gasteiger partial charge in [0.25, 0.3) is 5.91 Å². The first-order valence-corrected chi connectivity index (χ1v) is 7.08. The third-order valence-corrected chi connectivity index (χ3v) is 3.93. The minimum absolute atomic E-state index is 0. The number of hydrogen-bond acceptors (Lipinski definition) is 3. The van der Waals surface area contributed by atoms with E-state index in [-0.39, 0.29) is 18.3 Å². The monoisotopic (exact) mass is 300 g/mol. The minimum atomic E-state index is 0. The molecule has 114 valence electrons. The zero-order valence-electron chi connectivity index (χ0n) is 12.8. The summed E-state index contributed by atoms with van der Waals surface area (Å²) >= 11 is 0. The minimum Gasteiger partial charge on any atom is -0.337 e. The second kappa shape index (κ2) is 7.09. The molecule has 0 spiro atoms. The zero-order chi connectivity index (χ0) is 14.0. The number of hydrogen-bond donors (Lipinski definition) is 1. The second-order valence-corrected chi connectivity index (χ2v) is 5.33. The van der Waals surface area contributed by atoms with Gasteiger partial charge in [0, 0.05) is 31.9 Å². The molecule has 1 aliphatic rings. The maximum atomic E-state index is 12.6. The smallest absolute Gasteiger partial charge is 0.257 e. The van der Waals surface area contributed by atoms with Crippen LogP contribution in [0.2, 0.25) is 0 Å². The molecular formula is C14H25ClN4O. The van der Waals surface area contributed by atoms with Gasteiger partial charge >= 0.3 is 0 Å². The number of carbonyl (C=O) groups excluding carboxylic acids is 1. The SMILES string of the molecule is CCCn1nc(C)c(C(=O)N(C)C2CCNC2)c1C.Cl. The van der Waals surface area contributed by atoms with Crippen LogP contribution in [0.1, 0.15) is 41.5 Å². The summed E-state index contributed by atoms with van der Waals surface area (Å²) in [7, 11) is 1.90. The van der Waals surface area contributed by atoms with E-state index in [1.807, 2.05) is 30.5 Å². The fourth-order valence-corrected chi connectivity index (χ4v) is 2.75. The van der Waals surface area contributed by atoms with Crippen LogP contribution in [0, 0.1) is 13.8 Å². The molecule has 0 bridgehead atoms. The van der Waals surface area contributed by atoms with Crippen molar-refractivity contribution in [2.45, 2.75) is 46.2 Å². The van der Waals surface area contributed by atoms with Crippen molar-refractivity contribution in [1.82, 2.24) is 20.0 Å². The number of aryl methyl sites for hydroxylation is 2. The van der Waals surface area contributed by atoms with E-state index in [0.717, 1.165) is 49.4 Å². The number of nitrogens with one attached hydrogen (secondary N) is 1. The summed E-state index contributed by atoms with van der Waals surface area (Å²) in [4.78, 5) is 14.5. The van der Waals surface area contributed by atoms with Crippen molar-refractivity contribution in [3.63, 3.8) is 0 Å². The Labute approximate surface area is 127 Å². The Morgan fingerprint density at radius 1 is 1.50 bits per heavy atom. The van der Waals surface area contributed by atoms with Gasteiger partial charge in [0.1, 0.15) is 0 Å². The van der Waals surface area contributed by atoms with Crippen molar-refractivity contribution < 1.29 is 4.79 Å². The van der Waals surface area contributed by atoms with Crippen molar-refractivity contribution >= 4 is 18.3 Å². The summed E-state index contributed by atoms with van der Waals surface area (Å²) in [5, 5.41) is 7.78. The van der Waals surface area contributed by atoms with Gasteiger partial charge in [0.05, 0.1) is 11.3 Å². The molecule has 1 saturated heterocycles. The molecule has 1 N–H and O–H groups in total. The molecule has 1 aliphatic heterocycles. The highest BCUT2D eigenvalue weighted by molar-refractivity contribution is 5.96. The van der Waals surface area contributed by atoms with Gasteiger partial charge in [0.15, 0.2) is 0 Å². The van der Waals surface area contributed by atoms with Gasteiger partial charge < -0.3 is 10.2 Å². The third-order valence-electron chi connectivity index (χ3n) is 3.93. The predicted molar refractivity (Wildman–Crippen MR) is 82.6 cm³/mol. The average Bonchev–Trinajstić information content (AvgIpc) is 2.98. The molecule has 0 aromatic carbocycles. The first kappa shape index (κ1) is 17.0. The lowest BCUT2D eigenvalue weighted by molar-refractivity contribution is 0.0742. The summed E-state index contributed by atoms with van der Waals surface area (Å²) in [6, 6.07) is 0.306. The number of amides is 1. The lowest BCUT2D eigenvalue weighted by Crippen LogP contribution is -2.38. The van der Waals surface area contributed by atoms with Crippen LogP contribution in [0.4, 0.5) is 0 Å². The average molecular weight is 301 g/mol. The number of aromatic nitrogens is 2. The Morgan fingerprint density at radius 3 is 2.75 bits per heavy atom. The largest absolute Gasteiger partial charge is 0.337 e. The van der Waals surface area contributed by atoms with Gasteiger partial charge in [-0.2, -0.15) is 5.10 Å². The molecule has 2 rings (SSSR count). The summed E-state index contributed by atoms with van der Waals surface area (Å²) in [5.41, 5.74) is 2.61. The van der Waals surface area contributed by atoms with E-state index >= 15 is 0 Å². The van der Waals surface area contributed by atoms with Gasteiger partial charge in [-0.3, -0.25) is 9.48 Å². The van der Waals surface area contributed by atoms with Crippen LogP contribution in [-0.2, 0) is 6.54 Å². The van der Waals surface area contributed by atoms with E-state index in [1.165, 1.54) is 0 Å². The molecule has 1 aromatic heterocycles. The first-order chi connectivity index (χ1) is 9.06. The normalized spacial score (nSPS) is 17.9. The molecule has 0 radical (unpaired) electrons. The third kappa shape index (κ3) is 3.15. The van der Waals surface area contributed by atoms with Crippen LogP contribution >= 0.6 is 12.4 Å². The van der Waals surface area contributed by atoms with E-state index in [9.17, 15) is 4.79 Å². The number of carbonyl (C=O) groups is 1. The van der Waals surface area contributed by atoms with Crippen molar-refractivity contribution in [2.24, 2.45) is 0 Å². The number of halogens is 1. The molecule has 5 nitrogen and oxygen atoms in total. The van der Waals surface area contributed by atoms with Crippen molar-refractivity contribution in [2.75, 3.05) is 20.1 Å². The zero-order valence-corrected chi connectivity index (χ0v) is 13.6. The Morgan fingerprint density at radius 2 is 2.20 bits per heavy atom. The van der Waals surface area contributed by atoms with Crippen LogP contribution in [0.15, 0.2) is 0 Å². The summed E-state index contributed by atoms with van der Waals surface area (Å²) < 4.78 is 1.95. The van der Waals surface area contributed by atoms with E-state index in [4.69, 9.17) is 0 Å². The quantitative estimate of drug-likeness (QED) is 0.922. The van der Waals surface area contributed by atoms with Gasteiger partial charge in [-0.15, -0.1) is 12.4 Å². The highest BCUT2D eigenvalue weighted by atomic mass is 35.5. The van der Waals surface area contributed by atoms with Gasteiger partial charge in [0.2, 0.25) is 0 Å². The molecule has 1 atom stereocenters. The van der Waals surface area contributed by atoms with Crippen molar-refractivity contribution in [3.8, 4) is 0 Å². The summed E-state index contributed by atoms with van der Waals surface area (Å²) in [6.07, 6.45) is 2.06. The standard InChI is InChI=1S/C14H24N4O.ClH/c1-5-8-18-11(3)13(10(2)16-18)14(19)17(4)12-6-7-15-9-12;/h12,15H,5-9H2,1-4H3;1H. The molecule has 1 amide bonds. The van der Waals surface area contributed by atoms with E-state index in [0.29, 0.717) is 6.04 Å². The van der Waals surface area contributed by atoms with E-state index in [2.05, 4.69) is 17.3 Å². The Hall–Kier alpha value is -1.07. The highest BCUT2D eigenvalue weighted by Crippen LogP contribution is 2.18. The van der Waals surface area contributed by atoms with Crippen molar-refractivity contribution in [1.29, 1.82) is 0 Å². The highest BCUT2D eigenvalue weighted by Gasteiger charge is 2.27. The van der Waals surface area contributed by atoms with E-state index < -0.39 is 0 Å². The Kier molecular flexibility index (Phi) is 6.02. The Bertz CT molecular complexity index is 466. The maximum Gasteiger partial charge on any atom is 0.257 e. The van der Waals surface area contributed by atoms with Crippen LogP contribution in [0.5, 0.6) is 0 Å². The topological polar surface area (TPSA) is 50.2 Å². The summed E-state index contributed by atoms with van der Waals surface area (Å²) in [6.45, 7) is 8.79.